The molecule has 2 rings (SSSR count). The quantitative estimate of drug-likeness (QED) is 0.638. The van der Waals surface area contributed by atoms with Crippen molar-refractivity contribution < 1.29 is 8.78 Å². The van der Waals surface area contributed by atoms with Crippen LogP contribution >= 0.6 is 11.8 Å². The van der Waals surface area contributed by atoms with E-state index >= 15 is 0 Å². The van der Waals surface area contributed by atoms with Crippen molar-refractivity contribution in [2.75, 3.05) is 0 Å². The third-order valence-electron chi connectivity index (χ3n) is 3.15. The van der Waals surface area contributed by atoms with E-state index in [-0.39, 0.29) is 11.0 Å². The van der Waals surface area contributed by atoms with Gasteiger partial charge < -0.3 is 0 Å². The van der Waals surface area contributed by atoms with E-state index in [2.05, 4.69) is 4.98 Å². The molecular formula is C16H18F2N2OS. The van der Waals surface area contributed by atoms with Crippen LogP contribution in [-0.4, -0.2) is 9.55 Å². The molecule has 6 heteroatoms. The van der Waals surface area contributed by atoms with Crippen LogP contribution in [0.1, 0.15) is 32.0 Å². The molecule has 3 nitrogen and oxygen atoms in total. The van der Waals surface area contributed by atoms with E-state index in [4.69, 9.17) is 0 Å². The molecule has 0 aliphatic carbocycles. The zero-order valence-electron chi connectivity index (χ0n) is 13.0. The predicted molar refractivity (Wildman–Crippen MR) is 84.1 cm³/mol. The van der Waals surface area contributed by atoms with Crippen molar-refractivity contribution in [1.29, 1.82) is 0 Å². The van der Waals surface area contributed by atoms with Crippen LogP contribution in [0.25, 0.3) is 0 Å². The molecule has 0 saturated carbocycles. The maximum absolute atomic E-state index is 13.2. The number of hydrogen-bond donors (Lipinski definition) is 0. The summed E-state index contributed by atoms with van der Waals surface area (Å²) >= 11 is 1.28. The lowest BCUT2D eigenvalue weighted by Crippen LogP contribution is -2.25. The molecule has 22 heavy (non-hydrogen) atoms. The largest absolute Gasteiger partial charge is 0.291 e. The fraction of sp³-hybridized carbons (Fsp3) is 0.375. The number of rotatable bonds is 3. The highest BCUT2D eigenvalue weighted by Crippen LogP contribution is 2.24. The first-order chi connectivity index (χ1) is 10.2. The molecule has 0 saturated heterocycles. The van der Waals surface area contributed by atoms with E-state index in [9.17, 15) is 13.6 Å². The molecule has 0 spiro atoms. The van der Waals surface area contributed by atoms with Crippen LogP contribution in [0.3, 0.4) is 0 Å². The fourth-order valence-electron chi connectivity index (χ4n) is 1.87. The number of hydrogen-bond acceptors (Lipinski definition) is 3. The Morgan fingerprint density at radius 1 is 1.14 bits per heavy atom. The van der Waals surface area contributed by atoms with Crippen LogP contribution in [0.2, 0.25) is 0 Å². The number of nitrogens with zero attached hydrogens (tertiary/aromatic N) is 2. The molecule has 0 aliphatic rings. The normalized spacial score (nSPS) is 11.7. The van der Waals surface area contributed by atoms with E-state index in [1.165, 1.54) is 34.5 Å². The van der Waals surface area contributed by atoms with Gasteiger partial charge in [0.05, 0.1) is 5.69 Å². The molecule has 2 aromatic rings. The number of thioether (sulfide) groups is 1. The number of halogens is 2. The van der Waals surface area contributed by atoms with Gasteiger partial charge in [0.25, 0.3) is 5.56 Å². The lowest BCUT2D eigenvalue weighted by molar-refractivity contribution is 0.542. The summed E-state index contributed by atoms with van der Waals surface area (Å²) in [5.41, 5.74) is 0.822. The van der Waals surface area contributed by atoms with Crippen molar-refractivity contribution in [1.82, 2.24) is 9.55 Å². The van der Waals surface area contributed by atoms with Gasteiger partial charge in [-0.25, -0.2) is 13.8 Å². The number of benzene rings is 1. The van der Waals surface area contributed by atoms with Crippen LogP contribution in [-0.2, 0) is 18.2 Å². The Labute approximate surface area is 132 Å². The predicted octanol–water partition coefficient (Wildman–Crippen LogP) is 3.65. The zero-order valence-corrected chi connectivity index (χ0v) is 13.8. The second kappa shape index (κ2) is 6.20. The van der Waals surface area contributed by atoms with E-state index in [0.29, 0.717) is 22.2 Å². The van der Waals surface area contributed by atoms with Gasteiger partial charge in [-0.15, -0.1) is 0 Å². The highest BCUT2D eigenvalue weighted by Gasteiger charge is 2.18. The van der Waals surface area contributed by atoms with Crippen molar-refractivity contribution in [2.45, 2.75) is 37.1 Å². The standard InChI is InChI=1S/C16H18F2N2OS/c1-16(2,3)13-8-14(21)20(4)15(19-13)22-9-10-5-11(17)7-12(18)6-10/h5-8H,9H2,1-4H3. The van der Waals surface area contributed by atoms with Gasteiger partial charge in [0.2, 0.25) is 0 Å². The lowest BCUT2D eigenvalue weighted by atomic mass is 9.92. The molecule has 0 aliphatic heterocycles. The van der Waals surface area contributed by atoms with Gasteiger partial charge in [-0.1, -0.05) is 32.5 Å². The summed E-state index contributed by atoms with van der Waals surface area (Å²) in [5.74, 6) is -0.885. The van der Waals surface area contributed by atoms with Crippen LogP contribution < -0.4 is 5.56 Å². The van der Waals surface area contributed by atoms with Crippen molar-refractivity contribution in [3.05, 3.63) is 57.5 Å². The summed E-state index contributed by atoms with van der Waals surface area (Å²) in [6.45, 7) is 5.93. The van der Waals surface area contributed by atoms with Gasteiger partial charge in [-0.3, -0.25) is 9.36 Å². The van der Waals surface area contributed by atoms with Gasteiger partial charge in [0.15, 0.2) is 5.16 Å². The summed E-state index contributed by atoms with van der Waals surface area (Å²) in [5, 5.41) is 0.530. The van der Waals surface area contributed by atoms with E-state index in [0.717, 1.165) is 6.07 Å². The average molecular weight is 324 g/mol. The minimum absolute atomic E-state index is 0.146. The molecule has 0 amide bonds. The van der Waals surface area contributed by atoms with Crippen LogP contribution in [0.15, 0.2) is 34.2 Å². The smallest absolute Gasteiger partial charge is 0.254 e. The second-order valence-corrected chi connectivity index (χ2v) is 7.08. The Kier molecular flexibility index (Phi) is 4.70. The molecular weight excluding hydrogens is 306 g/mol. The molecule has 118 valence electrons. The Bertz CT molecular complexity index is 731. The third kappa shape index (κ3) is 3.94. The minimum atomic E-state index is -0.610. The van der Waals surface area contributed by atoms with Gasteiger partial charge in [-0.05, 0) is 17.7 Å². The maximum Gasteiger partial charge on any atom is 0.254 e. The molecule has 0 bridgehead atoms. The second-order valence-electron chi connectivity index (χ2n) is 6.14. The number of aromatic nitrogens is 2. The van der Waals surface area contributed by atoms with Gasteiger partial charge >= 0.3 is 0 Å². The van der Waals surface area contributed by atoms with Gasteiger partial charge in [0.1, 0.15) is 11.6 Å². The first-order valence-electron chi connectivity index (χ1n) is 6.83. The highest BCUT2D eigenvalue weighted by atomic mass is 32.2. The van der Waals surface area contributed by atoms with Gasteiger partial charge in [-0.2, -0.15) is 0 Å². The fourth-order valence-corrected chi connectivity index (χ4v) is 2.78. The van der Waals surface area contributed by atoms with Crippen molar-refractivity contribution >= 4 is 11.8 Å². The summed E-state index contributed by atoms with van der Waals surface area (Å²) in [6.07, 6.45) is 0. The summed E-state index contributed by atoms with van der Waals surface area (Å²) in [4.78, 5) is 16.5. The first kappa shape index (κ1) is 16.7. The molecule has 0 unspecified atom stereocenters. The molecule has 1 aromatic carbocycles. The van der Waals surface area contributed by atoms with E-state index < -0.39 is 11.6 Å². The summed E-state index contributed by atoms with van der Waals surface area (Å²) in [6, 6.07) is 4.91. The lowest BCUT2D eigenvalue weighted by Gasteiger charge is -2.19. The van der Waals surface area contributed by atoms with Crippen LogP contribution in [0, 0.1) is 11.6 Å². The first-order valence-corrected chi connectivity index (χ1v) is 7.82. The van der Waals surface area contributed by atoms with Crippen molar-refractivity contribution in [2.24, 2.45) is 7.05 Å². The average Bonchev–Trinajstić information content (AvgIpc) is 2.38. The van der Waals surface area contributed by atoms with Crippen LogP contribution in [0.5, 0.6) is 0 Å². The van der Waals surface area contributed by atoms with Crippen LogP contribution in [0.4, 0.5) is 8.78 Å². The van der Waals surface area contributed by atoms with Crippen molar-refractivity contribution in [3.8, 4) is 0 Å². The zero-order chi connectivity index (χ0) is 16.5. The Hall–Kier alpha value is -1.69. The Morgan fingerprint density at radius 3 is 2.27 bits per heavy atom. The third-order valence-corrected chi connectivity index (χ3v) is 4.25. The molecule has 0 radical (unpaired) electrons. The summed E-state index contributed by atoms with van der Waals surface area (Å²) < 4.78 is 27.8. The Balaban J connectivity index is 2.29. The van der Waals surface area contributed by atoms with E-state index in [1.54, 1.807) is 7.05 Å². The highest BCUT2D eigenvalue weighted by molar-refractivity contribution is 7.98. The monoisotopic (exact) mass is 324 g/mol. The molecule has 0 fully saturated rings. The molecule has 1 aromatic heterocycles. The molecule has 1 heterocycles. The molecule has 0 atom stereocenters. The van der Waals surface area contributed by atoms with E-state index in [1.807, 2.05) is 20.8 Å². The topological polar surface area (TPSA) is 34.9 Å². The SMILES string of the molecule is Cn1c(SCc2cc(F)cc(F)c2)nc(C(C)(C)C)cc1=O. The van der Waals surface area contributed by atoms with Crippen molar-refractivity contribution in [3.63, 3.8) is 0 Å². The Morgan fingerprint density at radius 2 is 1.73 bits per heavy atom. The summed E-state index contributed by atoms with van der Waals surface area (Å²) in [7, 11) is 1.64. The molecule has 0 N–H and O–H groups in total. The van der Waals surface area contributed by atoms with Gasteiger partial charge in [0, 0.05) is 30.3 Å². The maximum atomic E-state index is 13.2. The minimum Gasteiger partial charge on any atom is -0.291 e.